The van der Waals surface area contributed by atoms with Gasteiger partial charge in [-0.05, 0) is 46.5 Å². The van der Waals surface area contributed by atoms with Crippen molar-refractivity contribution in [2.75, 3.05) is 5.32 Å². The summed E-state index contributed by atoms with van der Waals surface area (Å²) in [5.74, 6) is 0. The standard InChI is InChI=1S/C15H17BrN2/c1-2-13(11-12-7-4-3-5-8-12)18-14-9-6-10-17-15(14)16/h3-10,13,18H,2,11H2,1H3. The minimum Gasteiger partial charge on any atom is -0.380 e. The Morgan fingerprint density at radius 2 is 1.94 bits per heavy atom. The fraction of sp³-hybridized carbons (Fsp3) is 0.267. The first kappa shape index (κ1) is 13.1. The summed E-state index contributed by atoms with van der Waals surface area (Å²) in [5.41, 5.74) is 2.41. The number of anilines is 1. The zero-order valence-electron chi connectivity index (χ0n) is 10.4. The molecule has 1 heterocycles. The summed E-state index contributed by atoms with van der Waals surface area (Å²) < 4.78 is 0.872. The highest BCUT2D eigenvalue weighted by Crippen LogP contribution is 2.21. The van der Waals surface area contributed by atoms with Crippen LogP contribution >= 0.6 is 15.9 Å². The van der Waals surface area contributed by atoms with Gasteiger partial charge in [0, 0.05) is 12.2 Å². The molecule has 1 aromatic carbocycles. The lowest BCUT2D eigenvalue weighted by Gasteiger charge is -2.19. The van der Waals surface area contributed by atoms with E-state index in [1.807, 2.05) is 12.1 Å². The van der Waals surface area contributed by atoms with Gasteiger partial charge < -0.3 is 5.32 Å². The van der Waals surface area contributed by atoms with Crippen LogP contribution in [0.4, 0.5) is 5.69 Å². The van der Waals surface area contributed by atoms with Gasteiger partial charge in [-0.2, -0.15) is 0 Å². The van der Waals surface area contributed by atoms with E-state index < -0.39 is 0 Å². The van der Waals surface area contributed by atoms with Gasteiger partial charge in [0.2, 0.25) is 0 Å². The van der Waals surface area contributed by atoms with Crippen LogP contribution in [0.5, 0.6) is 0 Å². The third-order valence-corrected chi connectivity index (χ3v) is 3.57. The fourth-order valence-electron chi connectivity index (χ4n) is 1.91. The van der Waals surface area contributed by atoms with E-state index in [-0.39, 0.29) is 0 Å². The van der Waals surface area contributed by atoms with Gasteiger partial charge in [0.1, 0.15) is 4.60 Å². The van der Waals surface area contributed by atoms with Gasteiger partial charge in [-0.1, -0.05) is 37.3 Å². The molecule has 0 fully saturated rings. The molecule has 0 aliphatic rings. The average Bonchev–Trinajstić information content (AvgIpc) is 2.41. The Labute approximate surface area is 117 Å². The van der Waals surface area contributed by atoms with Gasteiger partial charge in [-0.25, -0.2) is 4.98 Å². The predicted octanol–water partition coefficient (Wildman–Crippen LogP) is 4.28. The zero-order chi connectivity index (χ0) is 12.8. The molecule has 18 heavy (non-hydrogen) atoms. The number of hydrogen-bond acceptors (Lipinski definition) is 2. The Bertz CT molecular complexity index is 485. The SMILES string of the molecule is CCC(Cc1ccccc1)Nc1cccnc1Br. The molecule has 1 aromatic heterocycles. The molecule has 0 saturated heterocycles. The van der Waals surface area contributed by atoms with Gasteiger partial charge in [-0.3, -0.25) is 0 Å². The molecule has 1 N–H and O–H groups in total. The Morgan fingerprint density at radius 3 is 2.61 bits per heavy atom. The summed E-state index contributed by atoms with van der Waals surface area (Å²) in [6, 6.07) is 15.0. The quantitative estimate of drug-likeness (QED) is 0.834. The highest BCUT2D eigenvalue weighted by atomic mass is 79.9. The lowest BCUT2D eigenvalue weighted by Crippen LogP contribution is -2.21. The normalized spacial score (nSPS) is 12.1. The Hall–Kier alpha value is -1.35. The van der Waals surface area contributed by atoms with Crippen LogP contribution in [0.25, 0.3) is 0 Å². The minimum atomic E-state index is 0.424. The molecule has 2 aromatic rings. The van der Waals surface area contributed by atoms with Crippen LogP contribution in [0.15, 0.2) is 53.3 Å². The maximum atomic E-state index is 4.23. The second-order valence-electron chi connectivity index (χ2n) is 4.28. The predicted molar refractivity (Wildman–Crippen MR) is 79.8 cm³/mol. The number of hydrogen-bond donors (Lipinski definition) is 1. The summed E-state index contributed by atoms with van der Waals surface area (Å²) >= 11 is 3.47. The summed E-state index contributed by atoms with van der Waals surface area (Å²) in [7, 11) is 0. The molecule has 0 amide bonds. The molecule has 0 bridgehead atoms. The molecule has 3 heteroatoms. The lowest BCUT2D eigenvalue weighted by molar-refractivity contribution is 0.689. The van der Waals surface area contributed by atoms with Crippen molar-refractivity contribution < 1.29 is 0 Å². The first-order chi connectivity index (χ1) is 8.79. The topological polar surface area (TPSA) is 24.9 Å². The van der Waals surface area contributed by atoms with E-state index in [2.05, 4.69) is 63.5 Å². The largest absolute Gasteiger partial charge is 0.380 e. The number of nitrogens with zero attached hydrogens (tertiary/aromatic N) is 1. The Kier molecular flexibility index (Phi) is 4.76. The monoisotopic (exact) mass is 304 g/mol. The van der Waals surface area contributed by atoms with Gasteiger partial charge in [0.05, 0.1) is 5.69 Å². The van der Waals surface area contributed by atoms with Crippen molar-refractivity contribution in [3.63, 3.8) is 0 Å². The second kappa shape index (κ2) is 6.55. The Morgan fingerprint density at radius 1 is 1.17 bits per heavy atom. The van der Waals surface area contributed by atoms with Crippen molar-refractivity contribution in [2.24, 2.45) is 0 Å². The molecular formula is C15H17BrN2. The van der Waals surface area contributed by atoms with Crippen LogP contribution in [0.2, 0.25) is 0 Å². The van der Waals surface area contributed by atoms with Gasteiger partial charge in [0.25, 0.3) is 0 Å². The van der Waals surface area contributed by atoms with Crippen molar-refractivity contribution in [3.05, 3.63) is 58.8 Å². The van der Waals surface area contributed by atoms with Crippen LogP contribution in [0.3, 0.4) is 0 Å². The number of aromatic nitrogens is 1. The number of nitrogens with one attached hydrogen (secondary N) is 1. The lowest BCUT2D eigenvalue weighted by atomic mass is 10.0. The average molecular weight is 305 g/mol. The Balaban J connectivity index is 2.04. The molecule has 1 atom stereocenters. The maximum Gasteiger partial charge on any atom is 0.129 e. The number of benzene rings is 1. The van der Waals surface area contributed by atoms with Crippen LogP contribution in [-0.4, -0.2) is 11.0 Å². The van der Waals surface area contributed by atoms with Crippen molar-refractivity contribution in [1.29, 1.82) is 0 Å². The van der Waals surface area contributed by atoms with E-state index in [0.29, 0.717) is 6.04 Å². The summed E-state index contributed by atoms with van der Waals surface area (Å²) in [6.45, 7) is 2.20. The summed E-state index contributed by atoms with van der Waals surface area (Å²) in [4.78, 5) is 4.23. The van der Waals surface area contributed by atoms with E-state index in [1.165, 1.54) is 5.56 Å². The molecule has 0 aliphatic heterocycles. The van der Waals surface area contributed by atoms with Crippen LogP contribution in [0.1, 0.15) is 18.9 Å². The molecule has 0 saturated carbocycles. The summed E-state index contributed by atoms with van der Waals surface area (Å²) in [5, 5.41) is 3.54. The summed E-state index contributed by atoms with van der Waals surface area (Å²) in [6.07, 6.45) is 3.89. The van der Waals surface area contributed by atoms with E-state index in [9.17, 15) is 0 Å². The van der Waals surface area contributed by atoms with Crippen molar-refractivity contribution in [3.8, 4) is 0 Å². The van der Waals surface area contributed by atoms with Crippen LogP contribution < -0.4 is 5.32 Å². The molecule has 1 unspecified atom stereocenters. The zero-order valence-corrected chi connectivity index (χ0v) is 12.0. The molecular weight excluding hydrogens is 288 g/mol. The highest BCUT2D eigenvalue weighted by Gasteiger charge is 2.09. The minimum absolute atomic E-state index is 0.424. The second-order valence-corrected chi connectivity index (χ2v) is 5.03. The van der Waals surface area contributed by atoms with Crippen molar-refractivity contribution in [1.82, 2.24) is 4.98 Å². The van der Waals surface area contributed by atoms with Crippen molar-refractivity contribution in [2.45, 2.75) is 25.8 Å². The van der Waals surface area contributed by atoms with Crippen LogP contribution in [-0.2, 0) is 6.42 Å². The molecule has 0 aliphatic carbocycles. The van der Waals surface area contributed by atoms with E-state index in [4.69, 9.17) is 0 Å². The number of halogens is 1. The van der Waals surface area contributed by atoms with Crippen LogP contribution in [0, 0.1) is 0 Å². The fourth-order valence-corrected chi connectivity index (χ4v) is 2.27. The van der Waals surface area contributed by atoms with Gasteiger partial charge in [0.15, 0.2) is 0 Å². The maximum absolute atomic E-state index is 4.23. The molecule has 94 valence electrons. The molecule has 0 spiro atoms. The smallest absolute Gasteiger partial charge is 0.129 e. The molecule has 2 nitrogen and oxygen atoms in total. The number of pyridine rings is 1. The van der Waals surface area contributed by atoms with Gasteiger partial charge >= 0.3 is 0 Å². The van der Waals surface area contributed by atoms with E-state index in [0.717, 1.165) is 23.1 Å². The molecule has 0 radical (unpaired) electrons. The third-order valence-electron chi connectivity index (χ3n) is 2.94. The first-order valence-electron chi connectivity index (χ1n) is 6.20. The van der Waals surface area contributed by atoms with Gasteiger partial charge in [-0.15, -0.1) is 0 Å². The third kappa shape index (κ3) is 3.57. The molecule has 2 rings (SSSR count). The van der Waals surface area contributed by atoms with E-state index >= 15 is 0 Å². The highest BCUT2D eigenvalue weighted by molar-refractivity contribution is 9.10. The first-order valence-corrected chi connectivity index (χ1v) is 7.00. The number of rotatable bonds is 5. The van der Waals surface area contributed by atoms with Crippen molar-refractivity contribution >= 4 is 21.6 Å². The van der Waals surface area contributed by atoms with E-state index in [1.54, 1.807) is 6.20 Å².